The normalized spacial score (nSPS) is 9.93. The summed E-state index contributed by atoms with van der Waals surface area (Å²) in [6.07, 6.45) is 0. The van der Waals surface area contributed by atoms with E-state index in [2.05, 4.69) is 5.32 Å². The van der Waals surface area contributed by atoms with E-state index in [9.17, 15) is 13.6 Å². The topological polar surface area (TPSA) is 29.1 Å². The van der Waals surface area contributed by atoms with Crippen LogP contribution in [0, 0.1) is 11.6 Å². The molecule has 0 saturated heterocycles. The Morgan fingerprint density at radius 3 is 2.36 bits per heavy atom. The Hall–Kier alpha value is -1.16. The first kappa shape index (κ1) is 10.9. The molecule has 1 aromatic rings. The predicted molar refractivity (Wildman–Crippen MR) is 48.9 cm³/mol. The summed E-state index contributed by atoms with van der Waals surface area (Å²) in [5, 5.41) is 2.40. The lowest BCUT2D eigenvalue weighted by molar-refractivity contribution is -0.118. The molecule has 1 aromatic carbocycles. The van der Waals surface area contributed by atoms with Crippen molar-refractivity contribution in [1.82, 2.24) is 5.32 Å². The zero-order valence-electron chi connectivity index (χ0n) is 7.19. The molecule has 0 aliphatic carbocycles. The second kappa shape index (κ2) is 4.91. The highest BCUT2D eigenvalue weighted by atomic mass is 35.5. The number of nitrogens with one attached hydrogen (secondary N) is 1. The van der Waals surface area contributed by atoms with E-state index in [-0.39, 0.29) is 18.3 Å². The lowest BCUT2D eigenvalue weighted by atomic mass is 10.2. The van der Waals surface area contributed by atoms with Gasteiger partial charge in [0.25, 0.3) is 0 Å². The molecule has 1 rings (SSSR count). The number of hydrogen-bond acceptors (Lipinski definition) is 1. The van der Waals surface area contributed by atoms with E-state index >= 15 is 0 Å². The number of benzene rings is 1. The van der Waals surface area contributed by atoms with E-state index in [4.69, 9.17) is 11.6 Å². The van der Waals surface area contributed by atoms with Crippen molar-refractivity contribution in [2.45, 2.75) is 6.54 Å². The molecule has 0 saturated carbocycles. The Balaban J connectivity index is 2.63. The van der Waals surface area contributed by atoms with Crippen LogP contribution < -0.4 is 5.32 Å². The summed E-state index contributed by atoms with van der Waals surface area (Å²) >= 11 is 5.22. The number of carbonyl (C=O) groups excluding carboxylic acids is 1. The van der Waals surface area contributed by atoms with Gasteiger partial charge in [0.15, 0.2) is 0 Å². The van der Waals surface area contributed by atoms with Gasteiger partial charge in [0.2, 0.25) is 5.91 Å². The maximum atomic E-state index is 12.7. The fraction of sp³-hybridized carbons (Fsp3) is 0.222. The van der Waals surface area contributed by atoms with Crippen LogP contribution in [0.15, 0.2) is 18.2 Å². The van der Waals surface area contributed by atoms with E-state index < -0.39 is 11.6 Å². The van der Waals surface area contributed by atoms with Gasteiger partial charge < -0.3 is 5.32 Å². The average Bonchev–Trinajstić information content (AvgIpc) is 2.12. The number of halogens is 3. The molecular formula is C9H8ClF2NO. The lowest BCUT2D eigenvalue weighted by Gasteiger charge is -2.03. The summed E-state index contributed by atoms with van der Waals surface area (Å²) < 4.78 is 25.3. The van der Waals surface area contributed by atoms with E-state index in [0.29, 0.717) is 5.56 Å². The lowest BCUT2D eigenvalue weighted by Crippen LogP contribution is -2.23. The van der Waals surface area contributed by atoms with Gasteiger partial charge in [-0.3, -0.25) is 4.79 Å². The van der Waals surface area contributed by atoms with Crippen molar-refractivity contribution in [3.05, 3.63) is 35.4 Å². The first-order valence-corrected chi connectivity index (χ1v) is 4.43. The van der Waals surface area contributed by atoms with Crippen molar-refractivity contribution in [2.24, 2.45) is 0 Å². The van der Waals surface area contributed by atoms with Gasteiger partial charge in [-0.2, -0.15) is 0 Å². The molecule has 0 aromatic heterocycles. The zero-order chi connectivity index (χ0) is 10.6. The summed E-state index contributed by atoms with van der Waals surface area (Å²) in [6.45, 7) is 0.0697. The molecule has 2 nitrogen and oxygen atoms in total. The summed E-state index contributed by atoms with van der Waals surface area (Å²) in [6, 6.07) is 3.07. The molecule has 0 unspecified atom stereocenters. The first-order chi connectivity index (χ1) is 6.61. The second-order valence-electron chi connectivity index (χ2n) is 2.69. The minimum atomic E-state index is -0.667. The highest BCUT2D eigenvalue weighted by Crippen LogP contribution is 2.07. The quantitative estimate of drug-likeness (QED) is 0.772. The molecule has 0 heterocycles. The van der Waals surface area contributed by atoms with Gasteiger partial charge in [-0.05, 0) is 17.7 Å². The minimum absolute atomic E-state index is 0.0697. The summed E-state index contributed by atoms with van der Waals surface area (Å²) in [7, 11) is 0. The Labute approximate surface area is 84.9 Å². The largest absolute Gasteiger partial charge is 0.351 e. The standard InChI is InChI=1S/C9H8ClF2NO/c10-4-9(14)13-5-6-1-7(11)3-8(12)2-6/h1-3H,4-5H2,(H,13,14). The fourth-order valence-electron chi connectivity index (χ4n) is 0.961. The second-order valence-corrected chi connectivity index (χ2v) is 2.96. The Bertz CT molecular complexity index is 323. The maximum Gasteiger partial charge on any atom is 0.235 e. The molecule has 0 aliphatic rings. The molecule has 0 bridgehead atoms. The maximum absolute atomic E-state index is 12.7. The van der Waals surface area contributed by atoms with E-state index in [0.717, 1.165) is 18.2 Å². The van der Waals surface area contributed by atoms with Gasteiger partial charge in [-0.1, -0.05) is 0 Å². The summed E-state index contributed by atoms with van der Waals surface area (Å²) in [5.41, 5.74) is 0.362. The molecular weight excluding hydrogens is 212 g/mol. The highest BCUT2D eigenvalue weighted by molar-refractivity contribution is 6.27. The molecule has 1 amide bonds. The summed E-state index contributed by atoms with van der Waals surface area (Å²) in [4.78, 5) is 10.7. The van der Waals surface area contributed by atoms with Crippen molar-refractivity contribution in [2.75, 3.05) is 5.88 Å². The van der Waals surface area contributed by atoms with E-state index in [1.165, 1.54) is 0 Å². The first-order valence-electron chi connectivity index (χ1n) is 3.89. The number of amides is 1. The monoisotopic (exact) mass is 219 g/mol. The zero-order valence-corrected chi connectivity index (χ0v) is 7.94. The van der Waals surface area contributed by atoms with Crippen LogP contribution in [0.5, 0.6) is 0 Å². The van der Waals surface area contributed by atoms with E-state index in [1.807, 2.05) is 0 Å². The Kier molecular flexibility index (Phi) is 3.83. The van der Waals surface area contributed by atoms with Crippen molar-refractivity contribution in [1.29, 1.82) is 0 Å². The van der Waals surface area contributed by atoms with Crippen LogP contribution >= 0.6 is 11.6 Å². The van der Waals surface area contributed by atoms with Crippen LogP contribution in [-0.4, -0.2) is 11.8 Å². The van der Waals surface area contributed by atoms with Gasteiger partial charge in [0.05, 0.1) is 0 Å². The predicted octanol–water partition coefficient (Wildman–Crippen LogP) is 1.82. The average molecular weight is 220 g/mol. The van der Waals surface area contributed by atoms with Crippen LogP contribution in [0.1, 0.15) is 5.56 Å². The van der Waals surface area contributed by atoms with Crippen molar-refractivity contribution in [3.8, 4) is 0 Å². The Morgan fingerprint density at radius 1 is 1.29 bits per heavy atom. The van der Waals surface area contributed by atoms with Crippen molar-refractivity contribution in [3.63, 3.8) is 0 Å². The SMILES string of the molecule is O=C(CCl)NCc1cc(F)cc(F)c1. The summed E-state index contributed by atoms with van der Waals surface area (Å²) in [5.74, 6) is -1.88. The van der Waals surface area contributed by atoms with Crippen molar-refractivity contribution < 1.29 is 13.6 Å². The molecule has 0 atom stereocenters. The third-order valence-corrected chi connectivity index (χ3v) is 1.78. The molecule has 0 spiro atoms. The van der Waals surface area contributed by atoms with Gasteiger partial charge in [-0.25, -0.2) is 8.78 Å². The molecule has 0 radical (unpaired) electrons. The minimum Gasteiger partial charge on any atom is -0.351 e. The Morgan fingerprint density at radius 2 is 1.86 bits per heavy atom. The van der Waals surface area contributed by atoms with Crippen LogP contribution in [0.4, 0.5) is 8.78 Å². The molecule has 76 valence electrons. The van der Waals surface area contributed by atoms with Crippen LogP contribution in [0.2, 0.25) is 0 Å². The molecule has 0 aliphatic heterocycles. The smallest absolute Gasteiger partial charge is 0.235 e. The van der Waals surface area contributed by atoms with E-state index in [1.54, 1.807) is 0 Å². The van der Waals surface area contributed by atoms with Gasteiger partial charge in [0, 0.05) is 12.6 Å². The number of hydrogen-bond donors (Lipinski definition) is 1. The number of rotatable bonds is 3. The third kappa shape index (κ3) is 3.30. The van der Waals surface area contributed by atoms with Crippen LogP contribution in [0.25, 0.3) is 0 Å². The van der Waals surface area contributed by atoms with Crippen LogP contribution in [0.3, 0.4) is 0 Å². The van der Waals surface area contributed by atoms with Gasteiger partial charge in [0.1, 0.15) is 17.5 Å². The van der Waals surface area contributed by atoms with Crippen molar-refractivity contribution >= 4 is 17.5 Å². The third-order valence-electron chi connectivity index (χ3n) is 1.53. The molecule has 14 heavy (non-hydrogen) atoms. The van der Waals surface area contributed by atoms with Gasteiger partial charge >= 0.3 is 0 Å². The highest BCUT2D eigenvalue weighted by Gasteiger charge is 2.02. The van der Waals surface area contributed by atoms with Gasteiger partial charge in [-0.15, -0.1) is 11.6 Å². The molecule has 0 fully saturated rings. The van der Waals surface area contributed by atoms with Crippen LogP contribution in [-0.2, 0) is 11.3 Å². The molecule has 5 heteroatoms. The number of alkyl halides is 1. The fourth-order valence-corrected chi connectivity index (χ4v) is 1.06. The number of carbonyl (C=O) groups is 1. The molecule has 1 N–H and O–H groups in total.